The molecule has 0 aliphatic carbocycles. The van der Waals surface area contributed by atoms with Crippen molar-refractivity contribution in [3.05, 3.63) is 83.7 Å². The van der Waals surface area contributed by atoms with E-state index in [1.165, 1.54) is 43.1 Å². The highest BCUT2D eigenvalue weighted by molar-refractivity contribution is 6.16. The zero-order valence-electron chi connectivity index (χ0n) is 18.5. The lowest BCUT2D eigenvalue weighted by atomic mass is 10.1. The first-order chi connectivity index (χ1) is 16.7. The first-order valence-electron chi connectivity index (χ1n) is 10.5. The van der Waals surface area contributed by atoms with Gasteiger partial charge < -0.3 is 15.0 Å². The molecule has 3 aromatic heterocycles. The Labute approximate surface area is 197 Å². The van der Waals surface area contributed by atoms with Crippen molar-refractivity contribution in [2.45, 2.75) is 25.6 Å². The number of hydrogen-bond acceptors (Lipinski definition) is 6. The quantitative estimate of drug-likeness (QED) is 0.387. The SMILES string of the molecule is CC(CO)n1cc(C(=O)c2cncc(NC(=O)Cc3ccc(C(F)(F)F)cc3)c2)c2cncnc21. The lowest BCUT2D eigenvalue weighted by Gasteiger charge is -2.10. The van der Waals surface area contributed by atoms with E-state index in [0.29, 0.717) is 22.2 Å². The van der Waals surface area contributed by atoms with Crippen LogP contribution in [0.5, 0.6) is 0 Å². The number of halogens is 3. The third-order valence-electron chi connectivity index (χ3n) is 5.41. The minimum absolute atomic E-state index is 0.149. The lowest BCUT2D eigenvalue weighted by Crippen LogP contribution is -2.15. The molecule has 0 saturated heterocycles. The first-order valence-corrected chi connectivity index (χ1v) is 10.5. The minimum atomic E-state index is -4.45. The van der Waals surface area contributed by atoms with E-state index in [1.54, 1.807) is 17.7 Å². The molecule has 1 atom stereocenters. The van der Waals surface area contributed by atoms with Crippen molar-refractivity contribution < 1.29 is 27.9 Å². The Kier molecular flexibility index (Phi) is 6.61. The number of nitrogens with one attached hydrogen (secondary N) is 1. The van der Waals surface area contributed by atoms with Crippen molar-refractivity contribution >= 4 is 28.4 Å². The number of aliphatic hydroxyl groups excluding tert-OH is 1. The second kappa shape index (κ2) is 9.63. The van der Waals surface area contributed by atoms with Crippen LogP contribution in [0.1, 0.15) is 40.0 Å². The summed E-state index contributed by atoms with van der Waals surface area (Å²) in [4.78, 5) is 37.9. The van der Waals surface area contributed by atoms with Gasteiger partial charge in [0.15, 0.2) is 5.78 Å². The summed E-state index contributed by atoms with van der Waals surface area (Å²) >= 11 is 0. The van der Waals surface area contributed by atoms with E-state index < -0.39 is 17.6 Å². The number of nitrogens with zero attached hydrogens (tertiary/aromatic N) is 4. The van der Waals surface area contributed by atoms with Crippen molar-refractivity contribution in [1.82, 2.24) is 19.5 Å². The van der Waals surface area contributed by atoms with Gasteiger partial charge in [0.25, 0.3) is 0 Å². The molecule has 0 aliphatic heterocycles. The fourth-order valence-electron chi connectivity index (χ4n) is 3.58. The number of anilines is 1. The predicted octanol–water partition coefficient (Wildman–Crippen LogP) is 3.81. The fraction of sp³-hybridized carbons (Fsp3) is 0.208. The van der Waals surface area contributed by atoms with Crippen molar-refractivity contribution in [3.8, 4) is 0 Å². The number of aliphatic hydroxyl groups is 1. The zero-order chi connectivity index (χ0) is 25.2. The molecule has 0 spiro atoms. The molecule has 0 radical (unpaired) electrons. The normalized spacial score (nSPS) is 12.5. The molecule has 8 nitrogen and oxygen atoms in total. The Bertz CT molecular complexity index is 1380. The van der Waals surface area contributed by atoms with Gasteiger partial charge in [-0.2, -0.15) is 13.2 Å². The monoisotopic (exact) mass is 483 g/mol. The number of carbonyl (C=O) groups is 2. The Hall–Kier alpha value is -4.12. The van der Waals surface area contributed by atoms with E-state index in [9.17, 15) is 27.9 Å². The Morgan fingerprint density at radius 3 is 2.54 bits per heavy atom. The number of fused-ring (bicyclic) bond motifs is 1. The van der Waals surface area contributed by atoms with Crippen LogP contribution in [0.4, 0.5) is 18.9 Å². The molecule has 0 bridgehead atoms. The van der Waals surface area contributed by atoms with Crippen LogP contribution >= 0.6 is 0 Å². The molecule has 180 valence electrons. The Morgan fingerprint density at radius 1 is 1.11 bits per heavy atom. The van der Waals surface area contributed by atoms with E-state index in [0.717, 1.165) is 12.1 Å². The van der Waals surface area contributed by atoms with Crippen LogP contribution in [0.3, 0.4) is 0 Å². The van der Waals surface area contributed by atoms with Crippen molar-refractivity contribution in [2.75, 3.05) is 11.9 Å². The van der Waals surface area contributed by atoms with E-state index in [2.05, 4.69) is 20.3 Å². The van der Waals surface area contributed by atoms with Crippen LogP contribution in [-0.4, -0.2) is 42.9 Å². The summed E-state index contributed by atoms with van der Waals surface area (Å²) in [5.41, 5.74) is 0.891. The molecule has 11 heteroatoms. The standard InChI is InChI=1S/C24H20F3N5O3/c1-14(12-33)32-11-20(19-10-29-13-30-23(19)32)22(35)16-7-18(9-28-8-16)31-21(34)6-15-2-4-17(5-3-15)24(25,26)27/h2-5,7-11,13-14,33H,6,12H2,1H3,(H,31,34). The van der Waals surface area contributed by atoms with Crippen LogP contribution in [0.25, 0.3) is 11.0 Å². The molecule has 4 aromatic rings. The number of rotatable bonds is 7. The molecule has 2 N–H and O–H groups in total. The average Bonchev–Trinajstić information content (AvgIpc) is 3.22. The Morgan fingerprint density at radius 2 is 1.86 bits per heavy atom. The summed E-state index contributed by atoms with van der Waals surface area (Å²) in [5.74, 6) is -0.849. The molecular formula is C24H20F3N5O3. The lowest BCUT2D eigenvalue weighted by molar-refractivity contribution is -0.137. The molecule has 1 amide bonds. The average molecular weight is 483 g/mol. The number of ketones is 1. The highest BCUT2D eigenvalue weighted by Gasteiger charge is 2.30. The number of aromatic nitrogens is 4. The summed E-state index contributed by atoms with van der Waals surface area (Å²) in [7, 11) is 0. The molecule has 1 unspecified atom stereocenters. The molecule has 4 rings (SSSR count). The van der Waals surface area contributed by atoms with Crippen molar-refractivity contribution in [1.29, 1.82) is 0 Å². The highest BCUT2D eigenvalue weighted by atomic mass is 19.4. The number of pyridine rings is 1. The van der Waals surface area contributed by atoms with E-state index >= 15 is 0 Å². The summed E-state index contributed by atoms with van der Waals surface area (Å²) in [5, 5.41) is 12.7. The molecule has 1 aromatic carbocycles. The first kappa shape index (κ1) is 24.0. The molecule has 0 fully saturated rings. The minimum Gasteiger partial charge on any atom is -0.394 e. The van der Waals surface area contributed by atoms with E-state index in [-0.39, 0.29) is 36.1 Å². The molecule has 3 heterocycles. The van der Waals surface area contributed by atoms with Gasteiger partial charge >= 0.3 is 6.18 Å². The van der Waals surface area contributed by atoms with Gasteiger partial charge in [-0.3, -0.25) is 14.6 Å². The largest absolute Gasteiger partial charge is 0.416 e. The van der Waals surface area contributed by atoms with Crippen LogP contribution in [-0.2, 0) is 17.4 Å². The van der Waals surface area contributed by atoms with Crippen LogP contribution in [0, 0.1) is 0 Å². The molecular weight excluding hydrogens is 463 g/mol. The van der Waals surface area contributed by atoms with E-state index in [4.69, 9.17) is 0 Å². The number of alkyl halides is 3. The van der Waals surface area contributed by atoms with Gasteiger partial charge in [-0.15, -0.1) is 0 Å². The molecule has 0 aliphatic rings. The number of benzene rings is 1. The maximum absolute atomic E-state index is 13.3. The predicted molar refractivity (Wildman–Crippen MR) is 121 cm³/mol. The summed E-state index contributed by atoms with van der Waals surface area (Å²) in [6, 6.07) is 5.46. The van der Waals surface area contributed by atoms with Gasteiger partial charge in [0, 0.05) is 29.5 Å². The van der Waals surface area contributed by atoms with Gasteiger partial charge in [-0.05, 0) is 30.7 Å². The van der Waals surface area contributed by atoms with Crippen LogP contribution in [0.2, 0.25) is 0 Å². The Balaban J connectivity index is 1.52. The summed E-state index contributed by atoms with van der Waals surface area (Å²) < 4.78 is 39.8. The van der Waals surface area contributed by atoms with Gasteiger partial charge in [0.05, 0.1) is 42.1 Å². The smallest absolute Gasteiger partial charge is 0.394 e. The maximum Gasteiger partial charge on any atom is 0.416 e. The van der Waals surface area contributed by atoms with Gasteiger partial charge in [-0.25, -0.2) is 9.97 Å². The topological polar surface area (TPSA) is 110 Å². The second-order valence-electron chi connectivity index (χ2n) is 7.95. The van der Waals surface area contributed by atoms with Crippen LogP contribution in [0.15, 0.2) is 61.4 Å². The number of hydrogen-bond donors (Lipinski definition) is 2. The number of carbonyl (C=O) groups excluding carboxylic acids is 2. The highest BCUT2D eigenvalue weighted by Crippen LogP contribution is 2.29. The zero-order valence-corrected chi connectivity index (χ0v) is 18.5. The maximum atomic E-state index is 13.3. The third kappa shape index (κ3) is 5.19. The van der Waals surface area contributed by atoms with E-state index in [1.807, 2.05) is 0 Å². The third-order valence-corrected chi connectivity index (χ3v) is 5.41. The number of amides is 1. The second-order valence-corrected chi connectivity index (χ2v) is 7.95. The molecule has 35 heavy (non-hydrogen) atoms. The summed E-state index contributed by atoms with van der Waals surface area (Å²) in [6.45, 7) is 1.63. The molecule has 0 saturated carbocycles. The van der Waals surface area contributed by atoms with Crippen LogP contribution < -0.4 is 5.32 Å². The van der Waals surface area contributed by atoms with Gasteiger partial charge in [-0.1, -0.05) is 12.1 Å². The summed E-state index contributed by atoms with van der Waals surface area (Å²) in [6.07, 6.45) is 2.58. The fourth-order valence-corrected chi connectivity index (χ4v) is 3.58. The van der Waals surface area contributed by atoms with Crippen molar-refractivity contribution in [3.63, 3.8) is 0 Å². The van der Waals surface area contributed by atoms with Gasteiger partial charge in [0.1, 0.15) is 12.0 Å². The van der Waals surface area contributed by atoms with Gasteiger partial charge in [0.2, 0.25) is 5.91 Å². The van der Waals surface area contributed by atoms with Crippen molar-refractivity contribution in [2.24, 2.45) is 0 Å².